The first-order valence-electron chi connectivity index (χ1n) is 6.40. The number of benzene rings is 1. The van der Waals surface area contributed by atoms with Crippen LogP contribution in [0.4, 0.5) is 0 Å². The predicted octanol–water partition coefficient (Wildman–Crippen LogP) is 2.37. The van der Waals surface area contributed by atoms with Crippen LogP contribution in [-0.2, 0) is 4.79 Å². The molecule has 0 bridgehead atoms. The molecule has 5 heteroatoms. The summed E-state index contributed by atoms with van der Waals surface area (Å²) in [4.78, 5) is 11.6. The summed E-state index contributed by atoms with van der Waals surface area (Å²) < 4.78 is 5.32. The van der Waals surface area contributed by atoms with Crippen molar-refractivity contribution in [2.24, 2.45) is 0 Å². The van der Waals surface area contributed by atoms with E-state index in [9.17, 15) is 9.90 Å². The molecular formula is C15H17NO3S. The first-order valence-corrected chi connectivity index (χ1v) is 7.34. The number of aliphatic hydroxyl groups excluding tert-OH is 1. The topological polar surface area (TPSA) is 58.6 Å². The van der Waals surface area contributed by atoms with Crippen LogP contribution in [-0.4, -0.2) is 24.2 Å². The number of para-hydroxylation sites is 1. The second-order valence-electron chi connectivity index (χ2n) is 4.31. The van der Waals surface area contributed by atoms with E-state index in [0.717, 1.165) is 5.56 Å². The average Bonchev–Trinajstić information content (AvgIpc) is 3.00. The van der Waals surface area contributed by atoms with Gasteiger partial charge in [-0.15, -0.1) is 0 Å². The summed E-state index contributed by atoms with van der Waals surface area (Å²) in [7, 11) is 0. The number of hydrogen-bond acceptors (Lipinski definition) is 4. The SMILES string of the molecule is O=C(COc1ccccc1)NCCC(O)c1ccsc1. The van der Waals surface area contributed by atoms with E-state index in [1.165, 1.54) is 0 Å². The van der Waals surface area contributed by atoms with Gasteiger partial charge in [-0.2, -0.15) is 11.3 Å². The predicted molar refractivity (Wildman–Crippen MR) is 78.8 cm³/mol. The number of carbonyl (C=O) groups is 1. The van der Waals surface area contributed by atoms with Gasteiger partial charge in [-0.1, -0.05) is 18.2 Å². The quantitative estimate of drug-likeness (QED) is 0.823. The second-order valence-corrected chi connectivity index (χ2v) is 5.09. The smallest absolute Gasteiger partial charge is 0.257 e. The van der Waals surface area contributed by atoms with Gasteiger partial charge in [-0.3, -0.25) is 4.79 Å². The van der Waals surface area contributed by atoms with E-state index in [4.69, 9.17) is 4.74 Å². The Hall–Kier alpha value is -1.85. The zero-order valence-electron chi connectivity index (χ0n) is 11.0. The number of amides is 1. The minimum absolute atomic E-state index is 0.0153. The van der Waals surface area contributed by atoms with Crippen molar-refractivity contribution in [1.29, 1.82) is 0 Å². The number of carbonyl (C=O) groups excluding carboxylic acids is 1. The van der Waals surface area contributed by atoms with Crippen LogP contribution >= 0.6 is 11.3 Å². The first kappa shape index (κ1) is 14.6. The Bertz CT molecular complexity index is 513. The standard InChI is InChI=1S/C15H17NO3S/c17-14(12-7-9-20-11-12)6-8-16-15(18)10-19-13-4-2-1-3-5-13/h1-5,7,9,11,14,17H,6,8,10H2,(H,16,18). The number of aliphatic hydroxyl groups is 1. The van der Waals surface area contributed by atoms with E-state index in [0.29, 0.717) is 18.7 Å². The van der Waals surface area contributed by atoms with Crippen LogP contribution in [0, 0.1) is 0 Å². The van der Waals surface area contributed by atoms with Crippen molar-refractivity contribution in [1.82, 2.24) is 5.32 Å². The third kappa shape index (κ3) is 4.68. The Morgan fingerprint density at radius 1 is 1.30 bits per heavy atom. The molecule has 1 heterocycles. The highest BCUT2D eigenvalue weighted by Gasteiger charge is 2.08. The van der Waals surface area contributed by atoms with Gasteiger partial charge in [0.2, 0.25) is 0 Å². The highest BCUT2D eigenvalue weighted by atomic mass is 32.1. The molecule has 2 N–H and O–H groups in total. The summed E-state index contributed by atoms with van der Waals surface area (Å²) in [5, 5.41) is 16.4. The molecule has 0 aliphatic heterocycles. The zero-order chi connectivity index (χ0) is 14.2. The fourth-order valence-corrected chi connectivity index (χ4v) is 2.40. The molecule has 1 unspecified atom stereocenters. The molecule has 2 rings (SSSR count). The molecule has 0 saturated heterocycles. The third-order valence-corrected chi connectivity index (χ3v) is 3.48. The van der Waals surface area contributed by atoms with Gasteiger partial charge in [-0.25, -0.2) is 0 Å². The number of thiophene rings is 1. The Labute approximate surface area is 122 Å². The van der Waals surface area contributed by atoms with Crippen molar-refractivity contribution >= 4 is 17.2 Å². The molecule has 0 aliphatic carbocycles. The Balaban J connectivity index is 1.63. The Morgan fingerprint density at radius 3 is 2.80 bits per heavy atom. The van der Waals surface area contributed by atoms with Crippen molar-refractivity contribution in [3.63, 3.8) is 0 Å². The maximum Gasteiger partial charge on any atom is 0.257 e. The Morgan fingerprint density at radius 2 is 2.10 bits per heavy atom. The molecule has 0 aliphatic rings. The van der Waals surface area contributed by atoms with Crippen molar-refractivity contribution < 1.29 is 14.6 Å². The summed E-state index contributed by atoms with van der Waals surface area (Å²) in [5.41, 5.74) is 0.893. The van der Waals surface area contributed by atoms with Gasteiger partial charge < -0.3 is 15.2 Å². The lowest BCUT2D eigenvalue weighted by molar-refractivity contribution is -0.123. The van der Waals surface area contributed by atoms with Crippen molar-refractivity contribution in [2.75, 3.05) is 13.2 Å². The van der Waals surface area contributed by atoms with E-state index in [1.54, 1.807) is 23.5 Å². The maximum atomic E-state index is 11.6. The van der Waals surface area contributed by atoms with E-state index in [-0.39, 0.29) is 12.5 Å². The highest BCUT2D eigenvalue weighted by molar-refractivity contribution is 7.07. The summed E-state index contributed by atoms with van der Waals surface area (Å²) in [6.07, 6.45) is -0.0371. The van der Waals surface area contributed by atoms with Crippen molar-refractivity contribution in [2.45, 2.75) is 12.5 Å². The summed E-state index contributed by atoms with van der Waals surface area (Å²) in [6, 6.07) is 11.1. The molecule has 106 valence electrons. The molecule has 1 aromatic heterocycles. The number of ether oxygens (including phenoxy) is 1. The highest BCUT2D eigenvalue weighted by Crippen LogP contribution is 2.18. The Kier molecular flexibility index (Phi) is 5.58. The van der Waals surface area contributed by atoms with E-state index >= 15 is 0 Å². The van der Waals surface area contributed by atoms with Crippen LogP contribution in [0.5, 0.6) is 5.75 Å². The number of hydrogen-bond donors (Lipinski definition) is 2. The van der Waals surface area contributed by atoms with Crippen LogP contribution < -0.4 is 10.1 Å². The fraction of sp³-hybridized carbons (Fsp3) is 0.267. The van der Waals surface area contributed by atoms with E-state index in [2.05, 4.69) is 5.32 Å². The second kappa shape index (κ2) is 7.67. The summed E-state index contributed by atoms with van der Waals surface area (Å²) >= 11 is 1.55. The molecule has 2 aromatic rings. The summed E-state index contributed by atoms with van der Waals surface area (Å²) in [5.74, 6) is 0.479. The lowest BCUT2D eigenvalue weighted by Crippen LogP contribution is -2.30. The molecule has 20 heavy (non-hydrogen) atoms. The molecular weight excluding hydrogens is 274 g/mol. The molecule has 0 radical (unpaired) electrons. The minimum atomic E-state index is -0.531. The minimum Gasteiger partial charge on any atom is -0.484 e. The van der Waals surface area contributed by atoms with Gasteiger partial charge in [0.05, 0.1) is 6.10 Å². The molecule has 4 nitrogen and oxygen atoms in total. The van der Waals surface area contributed by atoms with Gasteiger partial charge >= 0.3 is 0 Å². The van der Waals surface area contributed by atoms with Crippen LogP contribution in [0.3, 0.4) is 0 Å². The average molecular weight is 291 g/mol. The molecule has 0 saturated carbocycles. The van der Waals surface area contributed by atoms with Gasteiger partial charge in [0, 0.05) is 6.54 Å². The molecule has 1 amide bonds. The van der Waals surface area contributed by atoms with Crippen LogP contribution in [0.15, 0.2) is 47.2 Å². The van der Waals surface area contributed by atoms with Gasteiger partial charge in [0.1, 0.15) is 5.75 Å². The fourth-order valence-electron chi connectivity index (χ4n) is 1.70. The first-order chi connectivity index (χ1) is 9.75. The molecule has 1 aromatic carbocycles. The van der Waals surface area contributed by atoms with E-state index in [1.807, 2.05) is 35.0 Å². The monoisotopic (exact) mass is 291 g/mol. The number of rotatable bonds is 7. The van der Waals surface area contributed by atoms with Crippen LogP contribution in [0.25, 0.3) is 0 Å². The normalized spacial score (nSPS) is 11.8. The van der Waals surface area contributed by atoms with Crippen LogP contribution in [0.2, 0.25) is 0 Å². The lowest BCUT2D eigenvalue weighted by Gasteiger charge is -2.10. The van der Waals surface area contributed by atoms with Crippen molar-refractivity contribution in [3.8, 4) is 5.75 Å². The third-order valence-electron chi connectivity index (χ3n) is 2.78. The molecule has 0 spiro atoms. The lowest BCUT2D eigenvalue weighted by atomic mass is 10.1. The molecule has 1 atom stereocenters. The molecule has 0 fully saturated rings. The largest absolute Gasteiger partial charge is 0.484 e. The van der Waals surface area contributed by atoms with E-state index < -0.39 is 6.10 Å². The van der Waals surface area contributed by atoms with Gasteiger partial charge in [0.25, 0.3) is 5.91 Å². The zero-order valence-corrected chi connectivity index (χ0v) is 11.8. The van der Waals surface area contributed by atoms with Crippen molar-refractivity contribution in [3.05, 3.63) is 52.7 Å². The van der Waals surface area contributed by atoms with Gasteiger partial charge in [0.15, 0.2) is 6.61 Å². The summed E-state index contributed by atoms with van der Waals surface area (Å²) in [6.45, 7) is 0.409. The van der Waals surface area contributed by atoms with Crippen LogP contribution in [0.1, 0.15) is 18.1 Å². The maximum absolute atomic E-state index is 11.6. The van der Waals surface area contributed by atoms with Gasteiger partial charge in [-0.05, 0) is 40.9 Å². The number of nitrogens with one attached hydrogen (secondary N) is 1.